The van der Waals surface area contributed by atoms with Crippen LogP contribution in [0.1, 0.15) is 32.3 Å². The lowest BCUT2D eigenvalue weighted by molar-refractivity contribution is -0.146. The largest absolute Gasteiger partial charge is 0.434 e. The fraction of sp³-hybridized carbons (Fsp3) is 0.409. The second-order valence-electron chi connectivity index (χ2n) is 8.37. The molecule has 0 atom stereocenters. The molecule has 0 bridgehead atoms. The molecule has 15 heteroatoms. The van der Waals surface area contributed by atoms with E-state index in [1.54, 1.807) is 19.1 Å². The van der Waals surface area contributed by atoms with Gasteiger partial charge < -0.3 is 10.2 Å². The molecule has 0 saturated carbocycles. The lowest BCUT2D eigenvalue weighted by Crippen LogP contribution is -2.49. The van der Waals surface area contributed by atoms with Crippen LogP contribution in [0.5, 0.6) is 0 Å². The predicted molar refractivity (Wildman–Crippen MR) is 124 cm³/mol. The van der Waals surface area contributed by atoms with E-state index in [4.69, 9.17) is 0 Å². The molecule has 0 spiro atoms. The zero-order valence-corrected chi connectivity index (χ0v) is 20.2. The molecular weight excluding hydrogens is 524 g/mol. The van der Waals surface area contributed by atoms with Crippen molar-refractivity contribution < 1.29 is 31.1 Å². The summed E-state index contributed by atoms with van der Waals surface area (Å²) in [5, 5.41) is 2.68. The number of carbonyl (C=O) groups is 1. The van der Waals surface area contributed by atoms with E-state index in [9.17, 15) is 31.1 Å². The van der Waals surface area contributed by atoms with Gasteiger partial charge in [0.25, 0.3) is 5.91 Å². The number of rotatable bonds is 6. The zero-order chi connectivity index (χ0) is 26.8. The summed E-state index contributed by atoms with van der Waals surface area (Å²) in [6, 6.07) is 3.31. The van der Waals surface area contributed by atoms with Crippen molar-refractivity contribution in [2.75, 3.05) is 42.9 Å². The number of aryl methyl sites for hydroxylation is 1. The molecule has 3 aromatic rings. The third-order valence-electron chi connectivity index (χ3n) is 5.63. The molecule has 8 nitrogen and oxygen atoms in total. The fourth-order valence-corrected chi connectivity index (χ4v) is 4.71. The summed E-state index contributed by atoms with van der Waals surface area (Å²) in [6.45, 7) is 2.08. The van der Waals surface area contributed by atoms with Gasteiger partial charge >= 0.3 is 12.4 Å². The second-order valence-corrected chi connectivity index (χ2v) is 9.23. The lowest BCUT2D eigenvalue weighted by Gasteiger charge is -2.36. The Bertz CT molecular complexity index is 1220. The molecule has 4 heterocycles. The van der Waals surface area contributed by atoms with Crippen LogP contribution in [0.3, 0.4) is 0 Å². The molecule has 1 saturated heterocycles. The van der Waals surface area contributed by atoms with Crippen LogP contribution < -0.4 is 10.2 Å². The molecule has 1 aliphatic heterocycles. The summed E-state index contributed by atoms with van der Waals surface area (Å²) < 4.78 is 80.1. The summed E-state index contributed by atoms with van der Waals surface area (Å²) in [4.78, 5) is 28.2. The molecule has 37 heavy (non-hydrogen) atoms. The summed E-state index contributed by atoms with van der Waals surface area (Å²) in [5.74, 6) is -0.225. The van der Waals surface area contributed by atoms with E-state index < -0.39 is 30.5 Å². The number of nitrogens with zero attached hydrogens (tertiary/aromatic N) is 6. The maximum absolute atomic E-state index is 13.0. The Morgan fingerprint density at radius 2 is 1.73 bits per heavy atom. The first kappa shape index (κ1) is 26.7. The predicted octanol–water partition coefficient (Wildman–Crippen LogP) is 4.18. The Hall–Kier alpha value is -3.33. The van der Waals surface area contributed by atoms with Crippen molar-refractivity contribution >= 4 is 28.9 Å². The first-order valence-corrected chi connectivity index (χ1v) is 11.8. The Kier molecular flexibility index (Phi) is 7.64. The number of carbonyl (C=O) groups excluding carboxylic acids is 1. The Balaban J connectivity index is 1.38. The summed E-state index contributed by atoms with van der Waals surface area (Å²) in [6.07, 6.45) is -5.56. The maximum Gasteiger partial charge on any atom is 0.434 e. The number of hydrogen-bond acceptors (Lipinski definition) is 8. The maximum atomic E-state index is 13.0. The SMILES string of the molecule is Cc1nsc(Cc2cnc(C(F)(F)F)cn2)c1C(=O)Nc1ccc(N2CCN(CC(F)(F)F)CC2)cn1. The number of piperazine rings is 1. The van der Waals surface area contributed by atoms with E-state index in [0.29, 0.717) is 29.9 Å². The van der Waals surface area contributed by atoms with Crippen LogP contribution in [0.4, 0.5) is 37.8 Å². The highest BCUT2D eigenvalue weighted by Crippen LogP contribution is 2.28. The molecular formula is C22H21F6N7OS. The van der Waals surface area contributed by atoms with Crippen molar-refractivity contribution in [1.82, 2.24) is 24.2 Å². The van der Waals surface area contributed by atoms with Crippen LogP contribution in [0.2, 0.25) is 0 Å². The highest BCUT2D eigenvalue weighted by Gasteiger charge is 2.33. The highest BCUT2D eigenvalue weighted by molar-refractivity contribution is 7.06. The second kappa shape index (κ2) is 10.6. The third-order valence-corrected chi connectivity index (χ3v) is 6.56. The van der Waals surface area contributed by atoms with Crippen LogP contribution >= 0.6 is 11.5 Å². The van der Waals surface area contributed by atoms with E-state index in [0.717, 1.165) is 23.4 Å². The summed E-state index contributed by atoms with van der Waals surface area (Å²) in [5.41, 5.74) is 0.597. The van der Waals surface area contributed by atoms with E-state index in [1.165, 1.54) is 11.1 Å². The summed E-state index contributed by atoms with van der Waals surface area (Å²) in [7, 11) is 0. The highest BCUT2D eigenvalue weighted by atomic mass is 32.1. The van der Waals surface area contributed by atoms with E-state index in [1.807, 2.05) is 4.90 Å². The van der Waals surface area contributed by atoms with Crippen molar-refractivity contribution in [2.24, 2.45) is 0 Å². The van der Waals surface area contributed by atoms with E-state index in [-0.39, 0.29) is 36.6 Å². The normalized spacial score (nSPS) is 15.2. The van der Waals surface area contributed by atoms with Gasteiger partial charge in [-0.1, -0.05) is 0 Å². The van der Waals surface area contributed by atoms with Gasteiger partial charge in [0.2, 0.25) is 0 Å². The Labute approximate surface area is 211 Å². The minimum Gasteiger partial charge on any atom is -0.368 e. The van der Waals surface area contributed by atoms with Gasteiger partial charge in [-0.15, -0.1) is 0 Å². The van der Waals surface area contributed by atoms with E-state index in [2.05, 4.69) is 24.6 Å². The molecule has 4 rings (SSSR count). The molecule has 0 aliphatic carbocycles. The van der Waals surface area contributed by atoms with Crippen molar-refractivity contribution in [3.8, 4) is 0 Å². The fourth-order valence-electron chi connectivity index (χ4n) is 3.83. The number of anilines is 2. The molecule has 1 aliphatic rings. The zero-order valence-electron chi connectivity index (χ0n) is 19.4. The molecule has 3 aromatic heterocycles. The minimum atomic E-state index is -4.60. The van der Waals surface area contributed by atoms with Gasteiger partial charge in [-0.05, 0) is 30.6 Å². The number of alkyl halides is 6. The van der Waals surface area contributed by atoms with Crippen molar-refractivity contribution in [3.63, 3.8) is 0 Å². The van der Waals surface area contributed by atoms with Crippen molar-refractivity contribution in [2.45, 2.75) is 25.7 Å². The average molecular weight is 546 g/mol. The number of aromatic nitrogens is 4. The Morgan fingerprint density at radius 1 is 1.00 bits per heavy atom. The van der Waals surface area contributed by atoms with Gasteiger partial charge in [0, 0.05) is 43.7 Å². The van der Waals surface area contributed by atoms with Gasteiger partial charge in [-0.3, -0.25) is 14.7 Å². The number of pyridine rings is 1. The average Bonchev–Trinajstić information content (AvgIpc) is 3.19. The minimum absolute atomic E-state index is 0.0755. The monoisotopic (exact) mass is 545 g/mol. The van der Waals surface area contributed by atoms with Crippen LogP contribution in [-0.4, -0.2) is 69.0 Å². The van der Waals surface area contributed by atoms with Gasteiger partial charge in [0.1, 0.15) is 5.82 Å². The molecule has 198 valence electrons. The summed E-state index contributed by atoms with van der Waals surface area (Å²) >= 11 is 1.04. The van der Waals surface area contributed by atoms with Crippen molar-refractivity contribution in [3.05, 3.63) is 58.2 Å². The lowest BCUT2D eigenvalue weighted by atomic mass is 10.1. The number of hydrogen-bond donors (Lipinski definition) is 1. The molecule has 1 N–H and O–H groups in total. The first-order chi connectivity index (χ1) is 17.4. The van der Waals surface area contributed by atoms with Gasteiger partial charge in [0.15, 0.2) is 5.69 Å². The third kappa shape index (κ3) is 6.91. The number of nitrogens with one attached hydrogen (secondary N) is 1. The molecule has 0 aromatic carbocycles. The number of halogens is 6. The molecule has 1 fully saturated rings. The standard InChI is InChI=1S/C22H21F6N7OS/c1-13-19(16(37-33-13)8-14-9-30-17(11-29-14)22(26,27)28)20(36)32-18-3-2-15(10-31-18)35-6-4-34(5-7-35)12-21(23,24)25/h2-3,9-11H,4-8,12H2,1H3,(H,31,32,36). The first-order valence-electron chi connectivity index (χ1n) is 11.0. The van der Waals surface area contributed by atoms with Crippen LogP contribution in [0.15, 0.2) is 30.7 Å². The van der Waals surface area contributed by atoms with Crippen LogP contribution in [0.25, 0.3) is 0 Å². The molecule has 1 amide bonds. The van der Waals surface area contributed by atoms with E-state index >= 15 is 0 Å². The van der Waals surface area contributed by atoms with Gasteiger partial charge in [-0.25, -0.2) is 9.97 Å². The van der Waals surface area contributed by atoms with Crippen LogP contribution in [-0.2, 0) is 12.6 Å². The van der Waals surface area contributed by atoms with Crippen molar-refractivity contribution in [1.29, 1.82) is 0 Å². The van der Waals surface area contributed by atoms with Gasteiger partial charge in [0.05, 0.1) is 41.6 Å². The smallest absolute Gasteiger partial charge is 0.368 e. The Morgan fingerprint density at radius 3 is 2.30 bits per heavy atom. The van der Waals surface area contributed by atoms with Crippen LogP contribution in [0, 0.1) is 6.92 Å². The van der Waals surface area contributed by atoms with Gasteiger partial charge in [-0.2, -0.15) is 30.7 Å². The topological polar surface area (TPSA) is 87.1 Å². The quantitative estimate of drug-likeness (QED) is 0.465. The number of amides is 1. The molecule has 0 unspecified atom stereocenters. The molecule has 0 radical (unpaired) electrons.